The van der Waals surface area contributed by atoms with E-state index >= 15 is 0 Å². The minimum atomic E-state index is 0.164. The van der Waals surface area contributed by atoms with Crippen LogP contribution in [0.2, 0.25) is 5.02 Å². The van der Waals surface area contributed by atoms with Crippen LogP contribution >= 0.6 is 23.4 Å². The van der Waals surface area contributed by atoms with E-state index < -0.39 is 0 Å². The Kier molecular flexibility index (Phi) is 2.31. The van der Waals surface area contributed by atoms with Crippen LogP contribution in [0, 0.1) is 0 Å². The molecule has 1 aliphatic heterocycles. The lowest BCUT2D eigenvalue weighted by Gasteiger charge is -2.21. The van der Waals surface area contributed by atoms with Crippen LogP contribution in [0.5, 0.6) is 0 Å². The Hall–Kier alpha value is -0.180. The van der Waals surface area contributed by atoms with Crippen molar-refractivity contribution in [3.05, 3.63) is 34.3 Å². The molecule has 0 saturated carbocycles. The lowest BCUT2D eigenvalue weighted by molar-refractivity contribution is 0.809. The second-order valence-corrected chi connectivity index (χ2v) is 4.43. The summed E-state index contributed by atoms with van der Waals surface area (Å²) in [6, 6.07) is 6.15. The van der Waals surface area contributed by atoms with Crippen molar-refractivity contribution >= 4 is 23.4 Å². The molecule has 1 atom stereocenters. The average Bonchev–Trinajstić information content (AvgIpc) is 2.07. The number of rotatable bonds is 0. The van der Waals surface area contributed by atoms with Gasteiger partial charge in [-0.3, -0.25) is 0 Å². The molecule has 1 aliphatic rings. The van der Waals surface area contributed by atoms with Gasteiger partial charge in [-0.2, -0.15) is 11.8 Å². The fourth-order valence-corrected chi connectivity index (χ4v) is 2.64. The highest BCUT2D eigenvalue weighted by atomic mass is 35.5. The van der Waals surface area contributed by atoms with E-state index in [1.807, 2.05) is 23.9 Å². The van der Waals surface area contributed by atoms with Crippen LogP contribution in [0.1, 0.15) is 17.2 Å². The Morgan fingerprint density at radius 3 is 3.17 bits per heavy atom. The highest BCUT2D eigenvalue weighted by Gasteiger charge is 2.16. The van der Waals surface area contributed by atoms with Crippen LogP contribution in [-0.2, 0) is 5.75 Å². The molecule has 1 aromatic carbocycles. The molecule has 0 unspecified atom stereocenters. The Bertz CT molecular complexity index is 301. The Balaban J connectivity index is 2.47. The minimum Gasteiger partial charge on any atom is -0.323 e. The van der Waals surface area contributed by atoms with Crippen molar-refractivity contribution in [1.82, 2.24) is 0 Å². The Labute approximate surface area is 81.3 Å². The topological polar surface area (TPSA) is 26.0 Å². The Morgan fingerprint density at radius 1 is 1.50 bits per heavy atom. The molecule has 1 heterocycles. The lowest BCUT2D eigenvalue weighted by Crippen LogP contribution is -2.18. The van der Waals surface area contributed by atoms with Crippen molar-refractivity contribution in [2.24, 2.45) is 5.73 Å². The van der Waals surface area contributed by atoms with Crippen LogP contribution < -0.4 is 5.73 Å². The summed E-state index contributed by atoms with van der Waals surface area (Å²) < 4.78 is 0. The minimum absolute atomic E-state index is 0.164. The maximum Gasteiger partial charge on any atom is 0.0409 e. The van der Waals surface area contributed by atoms with Crippen LogP contribution in [0.3, 0.4) is 0 Å². The zero-order valence-electron chi connectivity index (χ0n) is 6.59. The number of thioether (sulfide) groups is 1. The van der Waals surface area contributed by atoms with Crippen LogP contribution in [0.15, 0.2) is 18.2 Å². The standard InChI is InChI=1S/C9H10ClNS/c10-7-2-1-6-4-12-5-9(11)8(6)3-7/h1-3,9H,4-5,11H2/t9-/m1/s1. The first kappa shape index (κ1) is 8.42. The summed E-state index contributed by atoms with van der Waals surface area (Å²) >= 11 is 7.76. The summed E-state index contributed by atoms with van der Waals surface area (Å²) in [5, 5.41) is 0.788. The summed E-state index contributed by atoms with van der Waals surface area (Å²) in [5.74, 6) is 2.08. The summed E-state index contributed by atoms with van der Waals surface area (Å²) in [7, 11) is 0. The number of halogens is 1. The molecule has 64 valence electrons. The number of hydrogen-bond donors (Lipinski definition) is 1. The van der Waals surface area contributed by atoms with E-state index in [4.69, 9.17) is 17.3 Å². The fourth-order valence-electron chi connectivity index (χ4n) is 1.43. The van der Waals surface area contributed by atoms with E-state index in [9.17, 15) is 0 Å². The van der Waals surface area contributed by atoms with Gasteiger partial charge in [0.15, 0.2) is 0 Å². The second kappa shape index (κ2) is 3.29. The molecule has 1 aromatic rings. The third-order valence-corrected chi connectivity index (χ3v) is 3.41. The summed E-state index contributed by atoms with van der Waals surface area (Å²) in [4.78, 5) is 0. The molecule has 2 rings (SSSR count). The van der Waals surface area contributed by atoms with E-state index in [2.05, 4.69) is 6.07 Å². The van der Waals surface area contributed by atoms with Crippen molar-refractivity contribution in [2.75, 3.05) is 5.75 Å². The maximum atomic E-state index is 5.94. The van der Waals surface area contributed by atoms with Gasteiger partial charge in [-0.25, -0.2) is 0 Å². The first-order chi connectivity index (χ1) is 5.77. The lowest BCUT2D eigenvalue weighted by atomic mass is 10.0. The monoisotopic (exact) mass is 199 g/mol. The van der Waals surface area contributed by atoms with Gasteiger partial charge in [-0.05, 0) is 23.3 Å². The third-order valence-electron chi connectivity index (χ3n) is 2.06. The molecule has 0 aromatic heterocycles. The van der Waals surface area contributed by atoms with Gasteiger partial charge in [-0.15, -0.1) is 0 Å². The molecule has 12 heavy (non-hydrogen) atoms. The van der Waals surface area contributed by atoms with Crippen LogP contribution in [0.25, 0.3) is 0 Å². The zero-order chi connectivity index (χ0) is 8.55. The normalized spacial score (nSPS) is 22.0. The average molecular weight is 200 g/mol. The number of hydrogen-bond acceptors (Lipinski definition) is 2. The van der Waals surface area contributed by atoms with E-state index in [-0.39, 0.29) is 6.04 Å². The van der Waals surface area contributed by atoms with Crippen molar-refractivity contribution in [3.8, 4) is 0 Å². The highest BCUT2D eigenvalue weighted by Crippen LogP contribution is 2.31. The quantitative estimate of drug-likeness (QED) is 0.695. The fraction of sp³-hybridized carbons (Fsp3) is 0.333. The van der Waals surface area contributed by atoms with E-state index in [0.29, 0.717) is 0 Å². The molecule has 2 N–H and O–H groups in total. The molecule has 3 heteroatoms. The number of nitrogens with two attached hydrogens (primary N) is 1. The zero-order valence-corrected chi connectivity index (χ0v) is 8.16. The van der Waals surface area contributed by atoms with Crippen molar-refractivity contribution < 1.29 is 0 Å². The molecular weight excluding hydrogens is 190 g/mol. The summed E-state index contributed by atoms with van der Waals surface area (Å²) in [6.07, 6.45) is 0. The molecule has 0 amide bonds. The second-order valence-electron chi connectivity index (χ2n) is 2.96. The highest BCUT2D eigenvalue weighted by molar-refractivity contribution is 7.98. The predicted octanol–water partition coefficient (Wildman–Crippen LogP) is 2.59. The molecule has 0 radical (unpaired) electrons. The molecule has 0 fully saturated rings. The predicted molar refractivity (Wildman–Crippen MR) is 54.5 cm³/mol. The van der Waals surface area contributed by atoms with Crippen molar-refractivity contribution in [2.45, 2.75) is 11.8 Å². The molecular formula is C9H10ClNS. The van der Waals surface area contributed by atoms with E-state index in [0.717, 1.165) is 16.5 Å². The van der Waals surface area contributed by atoms with Crippen molar-refractivity contribution in [3.63, 3.8) is 0 Å². The van der Waals surface area contributed by atoms with Gasteiger partial charge >= 0.3 is 0 Å². The third kappa shape index (κ3) is 1.47. The van der Waals surface area contributed by atoms with Gasteiger partial charge in [0.05, 0.1) is 0 Å². The summed E-state index contributed by atoms with van der Waals surface area (Å²) in [6.45, 7) is 0. The van der Waals surface area contributed by atoms with Gasteiger partial charge in [0.2, 0.25) is 0 Å². The molecule has 0 aliphatic carbocycles. The molecule has 0 saturated heterocycles. The number of benzene rings is 1. The SMILES string of the molecule is N[C@@H]1CSCc2ccc(Cl)cc21. The van der Waals surface area contributed by atoms with Gasteiger partial charge in [0, 0.05) is 22.6 Å². The van der Waals surface area contributed by atoms with E-state index in [1.54, 1.807) is 0 Å². The maximum absolute atomic E-state index is 5.94. The van der Waals surface area contributed by atoms with Crippen LogP contribution in [-0.4, -0.2) is 5.75 Å². The van der Waals surface area contributed by atoms with Gasteiger partial charge in [0.25, 0.3) is 0 Å². The molecule has 0 spiro atoms. The van der Waals surface area contributed by atoms with Crippen molar-refractivity contribution in [1.29, 1.82) is 0 Å². The number of fused-ring (bicyclic) bond motifs is 1. The first-order valence-corrected chi connectivity index (χ1v) is 5.42. The van der Waals surface area contributed by atoms with Gasteiger partial charge in [-0.1, -0.05) is 17.7 Å². The largest absolute Gasteiger partial charge is 0.323 e. The Morgan fingerprint density at radius 2 is 2.33 bits per heavy atom. The smallest absolute Gasteiger partial charge is 0.0409 e. The van der Waals surface area contributed by atoms with Crippen LogP contribution in [0.4, 0.5) is 0 Å². The molecule has 1 nitrogen and oxygen atoms in total. The van der Waals surface area contributed by atoms with Gasteiger partial charge < -0.3 is 5.73 Å². The van der Waals surface area contributed by atoms with E-state index in [1.165, 1.54) is 11.1 Å². The summed E-state index contributed by atoms with van der Waals surface area (Å²) in [5.41, 5.74) is 8.50. The van der Waals surface area contributed by atoms with Gasteiger partial charge in [0.1, 0.15) is 0 Å². The molecule has 0 bridgehead atoms. The first-order valence-electron chi connectivity index (χ1n) is 3.89.